The number of benzene rings is 1. The van der Waals surface area contributed by atoms with Crippen molar-refractivity contribution in [3.05, 3.63) is 29.3 Å². The SMILES string of the molecule is CNCC(=O)N1CCN(c2cc(C)ccc2C)CC1. The van der Waals surface area contributed by atoms with Crippen LogP contribution in [0, 0.1) is 13.8 Å². The van der Waals surface area contributed by atoms with Gasteiger partial charge in [-0.1, -0.05) is 12.1 Å². The van der Waals surface area contributed by atoms with Gasteiger partial charge in [-0.15, -0.1) is 0 Å². The number of rotatable bonds is 3. The number of anilines is 1. The van der Waals surface area contributed by atoms with Crippen LogP contribution in [0.5, 0.6) is 0 Å². The molecule has 2 rings (SSSR count). The van der Waals surface area contributed by atoms with E-state index in [1.165, 1.54) is 16.8 Å². The summed E-state index contributed by atoms with van der Waals surface area (Å²) in [6.07, 6.45) is 0. The van der Waals surface area contributed by atoms with E-state index in [9.17, 15) is 4.79 Å². The summed E-state index contributed by atoms with van der Waals surface area (Å²) in [5.74, 6) is 0.197. The Hall–Kier alpha value is -1.55. The van der Waals surface area contributed by atoms with Crippen molar-refractivity contribution < 1.29 is 4.79 Å². The smallest absolute Gasteiger partial charge is 0.236 e. The first-order valence-electron chi connectivity index (χ1n) is 6.86. The van der Waals surface area contributed by atoms with Gasteiger partial charge >= 0.3 is 0 Å². The van der Waals surface area contributed by atoms with Crippen molar-refractivity contribution in [3.8, 4) is 0 Å². The minimum absolute atomic E-state index is 0.197. The summed E-state index contributed by atoms with van der Waals surface area (Å²) in [7, 11) is 1.81. The third-order valence-corrected chi connectivity index (χ3v) is 3.67. The molecule has 4 heteroatoms. The second-order valence-electron chi connectivity index (χ2n) is 5.19. The number of nitrogens with zero attached hydrogens (tertiary/aromatic N) is 2. The maximum Gasteiger partial charge on any atom is 0.236 e. The lowest BCUT2D eigenvalue weighted by molar-refractivity contribution is -0.130. The number of aryl methyl sites for hydroxylation is 2. The minimum atomic E-state index is 0.197. The lowest BCUT2D eigenvalue weighted by Crippen LogP contribution is -2.50. The second kappa shape index (κ2) is 6.06. The molecule has 0 bridgehead atoms. The molecule has 1 saturated heterocycles. The lowest BCUT2D eigenvalue weighted by Gasteiger charge is -2.37. The number of amides is 1. The highest BCUT2D eigenvalue weighted by atomic mass is 16.2. The predicted octanol–water partition coefficient (Wildman–Crippen LogP) is 1.17. The Labute approximate surface area is 115 Å². The minimum Gasteiger partial charge on any atom is -0.368 e. The summed E-state index contributed by atoms with van der Waals surface area (Å²) < 4.78 is 0. The van der Waals surface area contributed by atoms with Gasteiger partial charge in [0.1, 0.15) is 0 Å². The first kappa shape index (κ1) is 13.9. The van der Waals surface area contributed by atoms with Gasteiger partial charge in [-0.3, -0.25) is 4.79 Å². The molecule has 4 nitrogen and oxygen atoms in total. The molecule has 0 spiro atoms. The van der Waals surface area contributed by atoms with Crippen molar-refractivity contribution in [2.45, 2.75) is 13.8 Å². The normalized spacial score (nSPS) is 15.7. The Morgan fingerprint density at radius 2 is 1.89 bits per heavy atom. The lowest BCUT2D eigenvalue weighted by atomic mass is 10.1. The summed E-state index contributed by atoms with van der Waals surface area (Å²) in [4.78, 5) is 16.1. The number of piperazine rings is 1. The fourth-order valence-electron chi connectivity index (χ4n) is 2.52. The molecule has 0 aliphatic carbocycles. The molecule has 19 heavy (non-hydrogen) atoms. The first-order chi connectivity index (χ1) is 9.11. The van der Waals surface area contributed by atoms with Crippen LogP contribution in [-0.2, 0) is 4.79 Å². The van der Waals surface area contributed by atoms with Crippen molar-refractivity contribution in [3.63, 3.8) is 0 Å². The summed E-state index contributed by atoms with van der Waals surface area (Å²) in [5, 5.41) is 2.92. The molecule has 0 atom stereocenters. The van der Waals surface area contributed by atoms with Gasteiger partial charge in [0.25, 0.3) is 0 Å². The summed E-state index contributed by atoms with van der Waals surface area (Å²) in [6, 6.07) is 6.55. The molecule has 1 aromatic rings. The molecule has 1 aromatic carbocycles. The van der Waals surface area contributed by atoms with E-state index in [0.29, 0.717) is 6.54 Å². The topological polar surface area (TPSA) is 35.6 Å². The fourth-order valence-corrected chi connectivity index (χ4v) is 2.52. The van der Waals surface area contributed by atoms with Crippen LogP contribution in [-0.4, -0.2) is 50.6 Å². The molecule has 1 N–H and O–H groups in total. The molecule has 1 heterocycles. The molecular weight excluding hydrogens is 238 g/mol. The molecule has 0 unspecified atom stereocenters. The fraction of sp³-hybridized carbons (Fsp3) is 0.533. The molecule has 0 radical (unpaired) electrons. The maximum absolute atomic E-state index is 11.8. The van der Waals surface area contributed by atoms with Crippen LogP contribution in [0.3, 0.4) is 0 Å². The van der Waals surface area contributed by atoms with E-state index >= 15 is 0 Å². The van der Waals surface area contributed by atoms with Crippen LogP contribution < -0.4 is 10.2 Å². The Kier molecular flexibility index (Phi) is 4.43. The third-order valence-electron chi connectivity index (χ3n) is 3.67. The van der Waals surface area contributed by atoms with Crippen molar-refractivity contribution in [1.29, 1.82) is 0 Å². The molecule has 1 amide bonds. The van der Waals surface area contributed by atoms with E-state index in [-0.39, 0.29) is 5.91 Å². The highest BCUT2D eigenvalue weighted by Crippen LogP contribution is 2.22. The molecule has 0 saturated carbocycles. The summed E-state index contributed by atoms with van der Waals surface area (Å²) in [5.41, 5.74) is 3.90. The zero-order chi connectivity index (χ0) is 13.8. The summed E-state index contributed by atoms with van der Waals surface area (Å²) >= 11 is 0. The van der Waals surface area contributed by atoms with Gasteiger partial charge in [0.15, 0.2) is 0 Å². The Bertz CT molecular complexity index is 451. The number of hydrogen-bond donors (Lipinski definition) is 1. The van der Waals surface area contributed by atoms with Crippen molar-refractivity contribution in [2.24, 2.45) is 0 Å². The van der Waals surface area contributed by atoms with E-state index < -0.39 is 0 Å². The van der Waals surface area contributed by atoms with Crippen LogP contribution in [0.25, 0.3) is 0 Å². The molecule has 0 aromatic heterocycles. The van der Waals surface area contributed by atoms with E-state index in [2.05, 4.69) is 42.3 Å². The highest BCUT2D eigenvalue weighted by molar-refractivity contribution is 5.78. The quantitative estimate of drug-likeness (QED) is 0.887. The maximum atomic E-state index is 11.8. The average molecular weight is 261 g/mol. The van der Waals surface area contributed by atoms with Crippen molar-refractivity contribution in [1.82, 2.24) is 10.2 Å². The Balaban J connectivity index is 2.00. The second-order valence-corrected chi connectivity index (χ2v) is 5.19. The Morgan fingerprint density at radius 1 is 1.21 bits per heavy atom. The van der Waals surface area contributed by atoms with Gasteiger partial charge < -0.3 is 15.1 Å². The molecule has 104 valence electrons. The van der Waals surface area contributed by atoms with Crippen LogP contribution in [0.2, 0.25) is 0 Å². The summed E-state index contributed by atoms with van der Waals surface area (Å²) in [6.45, 7) is 8.16. The number of likely N-dealkylation sites (N-methyl/N-ethyl adjacent to an activating group) is 1. The van der Waals surface area contributed by atoms with Crippen molar-refractivity contribution in [2.75, 3.05) is 44.7 Å². The standard InChI is InChI=1S/C15H23N3O/c1-12-4-5-13(2)14(10-12)17-6-8-18(9-7-17)15(19)11-16-3/h4-5,10,16H,6-9,11H2,1-3H3. The average Bonchev–Trinajstić information content (AvgIpc) is 2.42. The number of carbonyl (C=O) groups is 1. The predicted molar refractivity (Wildman–Crippen MR) is 78.6 cm³/mol. The van der Waals surface area contributed by atoms with Gasteiger partial charge in [-0.2, -0.15) is 0 Å². The Morgan fingerprint density at radius 3 is 2.53 bits per heavy atom. The van der Waals surface area contributed by atoms with Crippen LogP contribution in [0.1, 0.15) is 11.1 Å². The van der Waals surface area contributed by atoms with Gasteiger partial charge in [-0.25, -0.2) is 0 Å². The highest BCUT2D eigenvalue weighted by Gasteiger charge is 2.21. The molecule has 1 fully saturated rings. The largest absolute Gasteiger partial charge is 0.368 e. The third kappa shape index (κ3) is 3.26. The van der Waals surface area contributed by atoms with E-state index in [1.807, 2.05) is 11.9 Å². The molecule has 1 aliphatic heterocycles. The number of carbonyl (C=O) groups excluding carboxylic acids is 1. The zero-order valence-corrected chi connectivity index (χ0v) is 12.1. The van der Waals surface area contributed by atoms with Crippen LogP contribution >= 0.6 is 0 Å². The van der Waals surface area contributed by atoms with Gasteiger partial charge in [0.2, 0.25) is 5.91 Å². The van der Waals surface area contributed by atoms with Gasteiger partial charge in [0.05, 0.1) is 6.54 Å². The van der Waals surface area contributed by atoms with Crippen LogP contribution in [0.15, 0.2) is 18.2 Å². The van der Waals surface area contributed by atoms with E-state index in [1.54, 1.807) is 0 Å². The monoisotopic (exact) mass is 261 g/mol. The van der Waals surface area contributed by atoms with Gasteiger partial charge in [0, 0.05) is 31.9 Å². The number of nitrogens with one attached hydrogen (secondary N) is 1. The van der Waals surface area contributed by atoms with Gasteiger partial charge in [-0.05, 0) is 38.1 Å². The molecule has 1 aliphatic rings. The van der Waals surface area contributed by atoms with Crippen LogP contribution in [0.4, 0.5) is 5.69 Å². The number of hydrogen-bond acceptors (Lipinski definition) is 3. The molecular formula is C15H23N3O. The zero-order valence-electron chi connectivity index (χ0n) is 12.1. The van der Waals surface area contributed by atoms with E-state index in [0.717, 1.165) is 26.2 Å². The first-order valence-corrected chi connectivity index (χ1v) is 6.86. The van der Waals surface area contributed by atoms with Crippen molar-refractivity contribution >= 4 is 11.6 Å². The van der Waals surface area contributed by atoms with E-state index in [4.69, 9.17) is 0 Å².